The minimum absolute atomic E-state index is 0.222. The van der Waals surface area contributed by atoms with Gasteiger partial charge in [-0.05, 0) is 23.8 Å². The predicted molar refractivity (Wildman–Crippen MR) is 70.4 cm³/mol. The van der Waals surface area contributed by atoms with Crippen molar-refractivity contribution >= 4 is 21.4 Å². The molecule has 2 aromatic rings. The Bertz CT molecular complexity index is 526. The maximum atomic E-state index is 10.6. The number of rotatable bonds is 3. The highest BCUT2D eigenvalue weighted by molar-refractivity contribution is 7.17. The van der Waals surface area contributed by atoms with Crippen molar-refractivity contribution in [2.24, 2.45) is 0 Å². The Balaban J connectivity index is 1.92. The molecule has 0 aliphatic heterocycles. The summed E-state index contributed by atoms with van der Waals surface area (Å²) in [5, 5.41) is 13.9. The van der Waals surface area contributed by atoms with Crippen LogP contribution in [0.2, 0.25) is 0 Å². The zero-order valence-corrected chi connectivity index (χ0v) is 10.7. The molecule has 1 fully saturated rings. The number of fused-ring (bicyclic) bond motifs is 1. The van der Waals surface area contributed by atoms with Crippen molar-refractivity contribution in [3.63, 3.8) is 0 Å². The minimum atomic E-state index is -0.676. The van der Waals surface area contributed by atoms with Crippen LogP contribution in [0.3, 0.4) is 0 Å². The van der Waals surface area contributed by atoms with Gasteiger partial charge in [0, 0.05) is 29.7 Å². The van der Waals surface area contributed by atoms with Gasteiger partial charge in [-0.1, -0.05) is 18.2 Å². The van der Waals surface area contributed by atoms with E-state index in [2.05, 4.69) is 17.5 Å². The average Bonchev–Trinajstić information content (AvgIpc) is 2.74. The Morgan fingerprint density at radius 1 is 1.41 bits per heavy atom. The first-order valence-corrected chi connectivity index (χ1v) is 6.91. The minimum Gasteiger partial charge on any atom is -0.385 e. The summed E-state index contributed by atoms with van der Waals surface area (Å²) in [6.45, 7) is 2.72. The fourth-order valence-corrected chi connectivity index (χ4v) is 3.63. The lowest BCUT2D eigenvalue weighted by molar-refractivity contribution is -0.141. The van der Waals surface area contributed by atoms with E-state index in [9.17, 15) is 5.11 Å². The second-order valence-corrected chi connectivity index (χ2v) is 5.58. The lowest BCUT2D eigenvalue weighted by atomic mass is 9.72. The van der Waals surface area contributed by atoms with E-state index in [1.165, 1.54) is 10.1 Å². The molecule has 1 aromatic heterocycles. The normalized spacial score (nSPS) is 28.2. The van der Waals surface area contributed by atoms with Crippen LogP contribution >= 0.6 is 11.3 Å². The molecule has 0 amide bonds. The van der Waals surface area contributed by atoms with Crippen molar-refractivity contribution in [3.8, 4) is 0 Å². The molecule has 90 valence electrons. The third-order valence-corrected chi connectivity index (χ3v) is 4.48. The van der Waals surface area contributed by atoms with Gasteiger partial charge in [-0.15, -0.1) is 11.3 Å². The first-order valence-electron chi connectivity index (χ1n) is 6.03. The van der Waals surface area contributed by atoms with Crippen LogP contribution in [-0.2, 0) is 10.3 Å². The molecule has 0 bridgehead atoms. The number of aliphatic hydroxyl groups is 1. The quantitative estimate of drug-likeness (QED) is 0.903. The van der Waals surface area contributed by atoms with E-state index in [1.54, 1.807) is 11.3 Å². The van der Waals surface area contributed by atoms with E-state index in [1.807, 2.05) is 19.1 Å². The van der Waals surface area contributed by atoms with E-state index in [0.717, 1.165) is 25.0 Å². The molecular weight excluding hydrogens is 232 g/mol. The summed E-state index contributed by atoms with van der Waals surface area (Å²) < 4.78 is 6.74. The zero-order chi connectivity index (χ0) is 11.9. The van der Waals surface area contributed by atoms with Crippen molar-refractivity contribution in [2.45, 2.75) is 31.5 Å². The van der Waals surface area contributed by atoms with Crippen LogP contribution in [0.5, 0.6) is 0 Å². The maximum absolute atomic E-state index is 10.6. The first-order chi connectivity index (χ1) is 8.23. The van der Waals surface area contributed by atoms with Gasteiger partial charge in [0.1, 0.15) is 0 Å². The highest BCUT2D eigenvalue weighted by Crippen LogP contribution is 2.46. The molecule has 0 unspecified atom stereocenters. The second kappa shape index (κ2) is 4.09. The Hall–Kier alpha value is -0.900. The molecule has 2 nitrogen and oxygen atoms in total. The molecule has 1 saturated carbocycles. The molecule has 3 heteroatoms. The van der Waals surface area contributed by atoms with Gasteiger partial charge in [0.05, 0.1) is 11.7 Å². The van der Waals surface area contributed by atoms with Gasteiger partial charge in [0.15, 0.2) is 0 Å². The van der Waals surface area contributed by atoms with E-state index in [0.29, 0.717) is 0 Å². The van der Waals surface area contributed by atoms with Crippen LogP contribution in [-0.4, -0.2) is 17.8 Å². The molecule has 1 aromatic carbocycles. The van der Waals surface area contributed by atoms with Crippen molar-refractivity contribution in [2.75, 3.05) is 6.61 Å². The largest absolute Gasteiger partial charge is 0.385 e. The first kappa shape index (κ1) is 11.2. The van der Waals surface area contributed by atoms with Crippen LogP contribution in [0.4, 0.5) is 0 Å². The van der Waals surface area contributed by atoms with Crippen LogP contribution in [0.1, 0.15) is 25.3 Å². The highest BCUT2D eigenvalue weighted by Gasteiger charge is 2.45. The molecule has 3 rings (SSSR count). The Morgan fingerprint density at radius 3 is 3.00 bits per heavy atom. The second-order valence-electron chi connectivity index (χ2n) is 4.66. The van der Waals surface area contributed by atoms with Gasteiger partial charge in [-0.3, -0.25) is 0 Å². The number of hydrogen-bond acceptors (Lipinski definition) is 3. The Morgan fingerprint density at radius 2 is 2.24 bits per heavy atom. The fourth-order valence-electron chi connectivity index (χ4n) is 2.63. The Labute approximate surface area is 105 Å². The SMILES string of the molecule is CCOC1CC(O)(c2cccc3ccsc23)C1. The molecule has 1 N–H and O–H groups in total. The summed E-state index contributed by atoms with van der Waals surface area (Å²) in [4.78, 5) is 0. The summed E-state index contributed by atoms with van der Waals surface area (Å²) >= 11 is 1.70. The smallest absolute Gasteiger partial charge is 0.0959 e. The number of thiophene rings is 1. The average molecular weight is 248 g/mol. The van der Waals surface area contributed by atoms with Crippen molar-refractivity contribution in [3.05, 3.63) is 35.2 Å². The van der Waals surface area contributed by atoms with E-state index in [4.69, 9.17) is 4.74 Å². The van der Waals surface area contributed by atoms with Crippen molar-refractivity contribution in [1.82, 2.24) is 0 Å². The molecule has 0 spiro atoms. The molecule has 0 atom stereocenters. The van der Waals surface area contributed by atoms with Gasteiger partial charge in [0.2, 0.25) is 0 Å². The van der Waals surface area contributed by atoms with E-state index >= 15 is 0 Å². The summed E-state index contributed by atoms with van der Waals surface area (Å²) in [6, 6.07) is 8.26. The maximum Gasteiger partial charge on any atom is 0.0959 e. The number of ether oxygens (including phenoxy) is 1. The van der Waals surface area contributed by atoms with Gasteiger partial charge in [-0.2, -0.15) is 0 Å². The van der Waals surface area contributed by atoms with E-state index in [-0.39, 0.29) is 6.10 Å². The molecule has 1 heterocycles. The van der Waals surface area contributed by atoms with E-state index < -0.39 is 5.60 Å². The molecule has 0 saturated heterocycles. The molecule has 1 aliphatic rings. The molecular formula is C14H16O2S. The topological polar surface area (TPSA) is 29.5 Å². The zero-order valence-electron chi connectivity index (χ0n) is 9.85. The summed E-state index contributed by atoms with van der Waals surface area (Å²) in [6.07, 6.45) is 1.66. The van der Waals surface area contributed by atoms with Gasteiger partial charge < -0.3 is 9.84 Å². The summed E-state index contributed by atoms with van der Waals surface area (Å²) in [5.74, 6) is 0. The summed E-state index contributed by atoms with van der Waals surface area (Å²) in [7, 11) is 0. The summed E-state index contributed by atoms with van der Waals surface area (Å²) in [5.41, 5.74) is 0.394. The van der Waals surface area contributed by atoms with Gasteiger partial charge in [-0.25, -0.2) is 0 Å². The van der Waals surface area contributed by atoms with Gasteiger partial charge in [0.25, 0.3) is 0 Å². The molecule has 17 heavy (non-hydrogen) atoms. The predicted octanol–water partition coefficient (Wildman–Crippen LogP) is 3.29. The van der Waals surface area contributed by atoms with Crippen LogP contribution < -0.4 is 0 Å². The fraction of sp³-hybridized carbons (Fsp3) is 0.429. The van der Waals surface area contributed by atoms with Crippen LogP contribution in [0.15, 0.2) is 29.6 Å². The van der Waals surface area contributed by atoms with Crippen molar-refractivity contribution in [1.29, 1.82) is 0 Å². The number of benzene rings is 1. The lowest BCUT2D eigenvalue weighted by Crippen LogP contribution is -2.45. The van der Waals surface area contributed by atoms with Gasteiger partial charge >= 0.3 is 0 Å². The molecule has 0 radical (unpaired) electrons. The van der Waals surface area contributed by atoms with Crippen molar-refractivity contribution < 1.29 is 9.84 Å². The third kappa shape index (κ3) is 1.79. The standard InChI is InChI=1S/C14H16O2S/c1-2-16-11-8-14(15,9-11)12-5-3-4-10-6-7-17-13(10)12/h3-7,11,15H,2,8-9H2,1H3. The van der Waals surface area contributed by atoms with Crippen LogP contribution in [0.25, 0.3) is 10.1 Å². The lowest BCUT2D eigenvalue weighted by Gasteiger charge is -2.43. The number of hydrogen-bond donors (Lipinski definition) is 1. The monoisotopic (exact) mass is 248 g/mol. The molecule has 1 aliphatic carbocycles. The highest BCUT2D eigenvalue weighted by atomic mass is 32.1. The van der Waals surface area contributed by atoms with Crippen LogP contribution in [0, 0.1) is 0 Å². The Kier molecular flexibility index (Phi) is 2.69. The third-order valence-electron chi connectivity index (χ3n) is 3.51.